The SMILES string of the molecule is Cc1ccc(C)c(NS(=O)(=O)c2ccc(CC(=O)N3CCCCC3)s2)c1. The molecule has 0 radical (unpaired) electrons. The minimum atomic E-state index is -3.65. The van der Waals surface area contributed by atoms with E-state index in [0.29, 0.717) is 5.69 Å². The first-order chi connectivity index (χ1) is 12.3. The molecule has 0 unspecified atom stereocenters. The lowest BCUT2D eigenvalue weighted by molar-refractivity contribution is -0.131. The number of likely N-dealkylation sites (tertiary alicyclic amines) is 1. The molecule has 7 heteroatoms. The summed E-state index contributed by atoms with van der Waals surface area (Å²) in [5.41, 5.74) is 2.45. The zero-order valence-electron chi connectivity index (χ0n) is 15.1. The number of benzene rings is 1. The highest BCUT2D eigenvalue weighted by atomic mass is 32.2. The van der Waals surface area contributed by atoms with Crippen LogP contribution in [0.2, 0.25) is 0 Å². The fourth-order valence-electron chi connectivity index (χ4n) is 3.04. The molecule has 1 fully saturated rings. The highest BCUT2D eigenvalue weighted by Gasteiger charge is 2.21. The summed E-state index contributed by atoms with van der Waals surface area (Å²) in [6.45, 7) is 5.41. The van der Waals surface area contributed by atoms with Crippen molar-refractivity contribution >= 4 is 33.0 Å². The molecule has 1 N–H and O–H groups in total. The molecule has 0 saturated carbocycles. The van der Waals surface area contributed by atoms with E-state index in [0.717, 1.165) is 53.3 Å². The molecule has 1 aliphatic heterocycles. The number of aryl methyl sites for hydroxylation is 2. The lowest BCUT2D eigenvalue weighted by Crippen LogP contribution is -2.36. The smallest absolute Gasteiger partial charge is 0.271 e. The van der Waals surface area contributed by atoms with Crippen molar-refractivity contribution in [1.82, 2.24) is 4.90 Å². The Bertz CT molecular complexity index is 897. The summed E-state index contributed by atoms with van der Waals surface area (Å²) in [7, 11) is -3.65. The van der Waals surface area contributed by atoms with Gasteiger partial charge in [-0.25, -0.2) is 8.42 Å². The Hall–Kier alpha value is -1.86. The van der Waals surface area contributed by atoms with Crippen LogP contribution in [0, 0.1) is 13.8 Å². The first kappa shape index (κ1) is 18.9. The molecule has 1 aliphatic rings. The van der Waals surface area contributed by atoms with Crippen molar-refractivity contribution in [2.75, 3.05) is 17.8 Å². The third-order valence-electron chi connectivity index (χ3n) is 4.57. The maximum atomic E-state index is 12.7. The van der Waals surface area contributed by atoms with Gasteiger partial charge in [-0.05, 0) is 62.4 Å². The van der Waals surface area contributed by atoms with Crippen molar-refractivity contribution in [2.24, 2.45) is 0 Å². The lowest BCUT2D eigenvalue weighted by Gasteiger charge is -2.26. The van der Waals surface area contributed by atoms with E-state index < -0.39 is 10.0 Å². The van der Waals surface area contributed by atoms with Crippen LogP contribution < -0.4 is 4.72 Å². The van der Waals surface area contributed by atoms with Crippen LogP contribution in [0.25, 0.3) is 0 Å². The maximum absolute atomic E-state index is 12.7. The van der Waals surface area contributed by atoms with E-state index >= 15 is 0 Å². The molecule has 3 rings (SSSR count). The summed E-state index contributed by atoms with van der Waals surface area (Å²) in [5, 5.41) is 0. The molecule has 0 atom stereocenters. The summed E-state index contributed by atoms with van der Waals surface area (Å²) in [4.78, 5) is 15.0. The number of carbonyl (C=O) groups is 1. The van der Waals surface area contributed by atoms with Crippen LogP contribution in [0.3, 0.4) is 0 Å². The number of carbonyl (C=O) groups excluding carboxylic acids is 1. The van der Waals surface area contributed by atoms with Crippen LogP contribution in [0.5, 0.6) is 0 Å². The maximum Gasteiger partial charge on any atom is 0.271 e. The van der Waals surface area contributed by atoms with E-state index in [-0.39, 0.29) is 16.5 Å². The molecule has 0 spiro atoms. The van der Waals surface area contributed by atoms with Crippen molar-refractivity contribution in [1.29, 1.82) is 0 Å². The number of hydrogen-bond acceptors (Lipinski definition) is 4. The van der Waals surface area contributed by atoms with E-state index in [1.165, 1.54) is 6.42 Å². The minimum absolute atomic E-state index is 0.0815. The molecule has 0 aliphatic carbocycles. The second-order valence-corrected chi connectivity index (χ2v) is 9.84. The van der Waals surface area contributed by atoms with E-state index in [4.69, 9.17) is 0 Å². The van der Waals surface area contributed by atoms with Gasteiger partial charge < -0.3 is 4.90 Å². The van der Waals surface area contributed by atoms with Crippen molar-refractivity contribution in [3.05, 3.63) is 46.3 Å². The number of piperidine rings is 1. The lowest BCUT2D eigenvalue weighted by atomic mass is 10.1. The van der Waals surface area contributed by atoms with Crippen molar-refractivity contribution in [3.63, 3.8) is 0 Å². The first-order valence-electron chi connectivity index (χ1n) is 8.82. The van der Waals surface area contributed by atoms with E-state index in [9.17, 15) is 13.2 Å². The molecule has 1 aromatic heterocycles. The number of sulfonamides is 1. The molecule has 1 aromatic carbocycles. The molecule has 0 bridgehead atoms. The molecule has 1 amide bonds. The Balaban J connectivity index is 1.71. The molecule has 140 valence electrons. The Morgan fingerprint density at radius 3 is 2.58 bits per heavy atom. The molecule has 26 heavy (non-hydrogen) atoms. The third-order valence-corrected chi connectivity index (χ3v) is 7.52. The molecule has 2 heterocycles. The van der Waals surface area contributed by atoms with Gasteiger partial charge in [-0.3, -0.25) is 9.52 Å². The van der Waals surface area contributed by atoms with Crippen molar-refractivity contribution in [3.8, 4) is 0 Å². The van der Waals surface area contributed by atoms with Gasteiger partial charge in [0.2, 0.25) is 5.91 Å². The third kappa shape index (κ3) is 4.45. The van der Waals surface area contributed by atoms with Crippen LogP contribution in [-0.2, 0) is 21.2 Å². The molecule has 2 aromatic rings. The average Bonchev–Trinajstić information content (AvgIpc) is 3.08. The Morgan fingerprint density at radius 2 is 1.85 bits per heavy atom. The van der Waals surface area contributed by atoms with Gasteiger partial charge in [-0.15, -0.1) is 11.3 Å². The van der Waals surface area contributed by atoms with Crippen LogP contribution in [0.15, 0.2) is 34.5 Å². The standard InChI is InChI=1S/C19H24N2O3S2/c1-14-6-7-15(2)17(12-14)20-26(23,24)19-9-8-16(25-19)13-18(22)21-10-4-3-5-11-21/h6-9,12,20H,3-5,10-11,13H2,1-2H3. The van der Waals surface area contributed by atoms with Crippen molar-refractivity contribution in [2.45, 2.75) is 43.7 Å². The summed E-state index contributed by atoms with van der Waals surface area (Å²) in [5.74, 6) is 0.0815. The molecular weight excluding hydrogens is 368 g/mol. The monoisotopic (exact) mass is 392 g/mol. The summed E-state index contributed by atoms with van der Waals surface area (Å²) >= 11 is 1.16. The Morgan fingerprint density at radius 1 is 1.12 bits per heavy atom. The summed E-state index contributed by atoms with van der Waals surface area (Å²) < 4.78 is 28.2. The number of hydrogen-bond donors (Lipinski definition) is 1. The number of anilines is 1. The second-order valence-electron chi connectivity index (χ2n) is 6.76. The van der Waals surface area contributed by atoms with Crippen LogP contribution in [0.1, 0.15) is 35.3 Å². The molecule has 5 nitrogen and oxygen atoms in total. The second kappa shape index (κ2) is 7.80. The first-order valence-corrected chi connectivity index (χ1v) is 11.1. The number of rotatable bonds is 5. The van der Waals surface area contributed by atoms with Gasteiger partial charge >= 0.3 is 0 Å². The fourth-order valence-corrected chi connectivity index (χ4v) is 5.51. The Labute approximate surface area is 159 Å². The quantitative estimate of drug-likeness (QED) is 0.843. The zero-order valence-corrected chi connectivity index (χ0v) is 16.8. The molecule has 1 saturated heterocycles. The van der Waals surface area contributed by atoms with Crippen LogP contribution in [-0.4, -0.2) is 32.3 Å². The van der Waals surface area contributed by atoms with Crippen LogP contribution >= 0.6 is 11.3 Å². The summed E-state index contributed by atoms with van der Waals surface area (Å²) in [6, 6.07) is 8.98. The minimum Gasteiger partial charge on any atom is -0.342 e. The van der Waals surface area contributed by atoms with E-state index in [2.05, 4.69) is 4.72 Å². The van der Waals surface area contributed by atoms with Crippen LogP contribution in [0.4, 0.5) is 5.69 Å². The topological polar surface area (TPSA) is 66.5 Å². The van der Waals surface area contributed by atoms with Gasteiger partial charge in [-0.1, -0.05) is 12.1 Å². The average molecular weight is 393 g/mol. The Kier molecular flexibility index (Phi) is 5.67. The largest absolute Gasteiger partial charge is 0.342 e. The predicted octanol–water partition coefficient (Wildman–Crippen LogP) is 3.72. The fraction of sp³-hybridized carbons (Fsp3) is 0.421. The highest BCUT2D eigenvalue weighted by Crippen LogP contribution is 2.26. The number of nitrogens with one attached hydrogen (secondary N) is 1. The highest BCUT2D eigenvalue weighted by molar-refractivity contribution is 7.94. The zero-order chi connectivity index (χ0) is 18.7. The van der Waals surface area contributed by atoms with Gasteiger partial charge in [0.15, 0.2) is 0 Å². The van der Waals surface area contributed by atoms with Gasteiger partial charge in [0.25, 0.3) is 10.0 Å². The van der Waals surface area contributed by atoms with Gasteiger partial charge in [0.1, 0.15) is 4.21 Å². The van der Waals surface area contributed by atoms with E-state index in [1.807, 2.05) is 36.9 Å². The predicted molar refractivity (Wildman–Crippen MR) is 105 cm³/mol. The van der Waals surface area contributed by atoms with Crippen molar-refractivity contribution < 1.29 is 13.2 Å². The number of nitrogens with zero attached hydrogens (tertiary/aromatic N) is 1. The van der Waals surface area contributed by atoms with Gasteiger partial charge in [0.05, 0.1) is 12.1 Å². The van der Waals surface area contributed by atoms with Gasteiger partial charge in [-0.2, -0.15) is 0 Å². The van der Waals surface area contributed by atoms with E-state index in [1.54, 1.807) is 12.1 Å². The number of thiophene rings is 1. The molecular formula is C19H24N2O3S2. The summed E-state index contributed by atoms with van der Waals surface area (Å²) in [6.07, 6.45) is 3.55. The normalized spacial score (nSPS) is 15.1. The van der Waals surface area contributed by atoms with Gasteiger partial charge in [0, 0.05) is 18.0 Å². The number of amides is 1.